The minimum absolute atomic E-state index is 0.0154. The van der Waals surface area contributed by atoms with Crippen LogP contribution in [0.2, 0.25) is 0 Å². The van der Waals surface area contributed by atoms with Gasteiger partial charge >= 0.3 is 0 Å². The van der Waals surface area contributed by atoms with Crippen LogP contribution < -0.4 is 10.1 Å². The number of amides is 1. The van der Waals surface area contributed by atoms with Crippen molar-refractivity contribution in [2.45, 2.75) is 38.6 Å². The van der Waals surface area contributed by atoms with Crippen LogP contribution in [0, 0.1) is 9.49 Å². The van der Waals surface area contributed by atoms with Gasteiger partial charge in [-0.2, -0.15) is 0 Å². The first-order valence-corrected chi connectivity index (χ1v) is 7.89. The number of carbonyl (C=O) groups excluding carboxylic acids is 1. The standard InChI is InChI=1S/C15H20INO2/c1-11-5-7-13(8-6-11)17-15(18)10-19-14-4-2-3-12(16)9-14/h2-4,9,11,13H,5-8,10H2,1H3,(H,17,18). The van der Waals surface area contributed by atoms with Gasteiger partial charge in [0, 0.05) is 9.61 Å². The lowest BCUT2D eigenvalue weighted by Crippen LogP contribution is -2.39. The molecule has 0 aliphatic heterocycles. The smallest absolute Gasteiger partial charge is 0.258 e. The minimum Gasteiger partial charge on any atom is -0.484 e. The molecule has 1 fully saturated rings. The Hall–Kier alpha value is -0.780. The van der Waals surface area contributed by atoms with Crippen LogP contribution in [0.15, 0.2) is 24.3 Å². The number of hydrogen-bond acceptors (Lipinski definition) is 2. The van der Waals surface area contributed by atoms with Gasteiger partial charge in [0.2, 0.25) is 0 Å². The maximum absolute atomic E-state index is 11.8. The molecule has 4 heteroatoms. The van der Waals surface area contributed by atoms with Crippen molar-refractivity contribution in [2.24, 2.45) is 5.92 Å². The predicted molar refractivity (Wildman–Crippen MR) is 84.2 cm³/mol. The summed E-state index contributed by atoms with van der Waals surface area (Å²) >= 11 is 2.23. The quantitative estimate of drug-likeness (QED) is 0.822. The normalized spacial score (nSPS) is 22.8. The Morgan fingerprint density at radius 1 is 1.37 bits per heavy atom. The van der Waals surface area contributed by atoms with E-state index in [2.05, 4.69) is 34.8 Å². The van der Waals surface area contributed by atoms with Crippen LogP contribution in [0.4, 0.5) is 0 Å². The fourth-order valence-electron chi connectivity index (χ4n) is 2.38. The van der Waals surface area contributed by atoms with Crippen molar-refractivity contribution in [1.29, 1.82) is 0 Å². The monoisotopic (exact) mass is 373 g/mol. The third-order valence-electron chi connectivity index (χ3n) is 3.55. The van der Waals surface area contributed by atoms with Crippen molar-refractivity contribution in [3.8, 4) is 5.75 Å². The van der Waals surface area contributed by atoms with Gasteiger partial charge in [-0.3, -0.25) is 4.79 Å². The van der Waals surface area contributed by atoms with Crippen molar-refractivity contribution in [3.05, 3.63) is 27.8 Å². The molecule has 1 aliphatic carbocycles. The Balaban J connectivity index is 1.73. The Morgan fingerprint density at radius 2 is 2.11 bits per heavy atom. The summed E-state index contributed by atoms with van der Waals surface area (Å²) in [5.41, 5.74) is 0. The maximum Gasteiger partial charge on any atom is 0.258 e. The van der Waals surface area contributed by atoms with E-state index < -0.39 is 0 Å². The highest BCUT2D eigenvalue weighted by Crippen LogP contribution is 2.23. The zero-order valence-electron chi connectivity index (χ0n) is 11.2. The van der Waals surface area contributed by atoms with E-state index in [0.29, 0.717) is 6.04 Å². The summed E-state index contributed by atoms with van der Waals surface area (Å²) < 4.78 is 6.60. The van der Waals surface area contributed by atoms with Crippen LogP contribution in [0.1, 0.15) is 32.6 Å². The number of nitrogens with one attached hydrogen (secondary N) is 1. The number of carbonyl (C=O) groups is 1. The van der Waals surface area contributed by atoms with E-state index in [1.165, 1.54) is 12.8 Å². The zero-order valence-corrected chi connectivity index (χ0v) is 13.4. The summed E-state index contributed by atoms with van der Waals surface area (Å²) in [6, 6.07) is 8.06. The van der Waals surface area contributed by atoms with Gasteiger partial charge in [-0.15, -0.1) is 0 Å². The van der Waals surface area contributed by atoms with E-state index >= 15 is 0 Å². The molecule has 19 heavy (non-hydrogen) atoms. The van der Waals surface area contributed by atoms with Crippen molar-refractivity contribution in [1.82, 2.24) is 5.32 Å². The first kappa shape index (κ1) is 14.6. The molecule has 0 spiro atoms. The Bertz CT molecular complexity index is 428. The van der Waals surface area contributed by atoms with Gasteiger partial charge in [-0.25, -0.2) is 0 Å². The zero-order chi connectivity index (χ0) is 13.7. The highest BCUT2D eigenvalue weighted by atomic mass is 127. The SMILES string of the molecule is CC1CCC(NC(=O)COc2cccc(I)c2)CC1. The Kier molecular flexibility index (Phi) is 5.48. The minimum atomic E-state index is -0.0154. The number of ether oxygens (including phenoxy) is 1. The molecule has 1 saturated carbocycles. The molecule has 0 radical (unpaired) electrons. The summed E-state index contributed by atoms with van der Waals surface area (Å²) in [7, 11) is 0. The van der Waals surface area contributed by atoms with Gasteiger partial charge in [-0.05, 0) is 72.4 Å². The third kappa shape index (κ3) is 5.01. The molecule has 3 nitrogen and oxygen atoms in total. The van der Waals surface area contributed by atoms with Gasteiger partial charge in [0.25, 0.3) is 5.91 Å². The van der Waals surface area contributed by atoms with Crippen molar-refractivity contribution in [2.75, 3.05) is 6.61 Å². The molecule has 2 rings (SSSR count). The maximum atomic E-state index is 11.8. The summed E-state index contributed by atoms with van der Waals surface area (Å²) in [5.74, 6) is 1.54. The van der Waals surface area contributed by atoms with Gasteiger partial charge in [0.15, 0.2) is 6.61 Å². The van der Waals surface area contributed by atoms with E-state index in [0.717, 1.165) is 28.1 Å². The molecule has 104 valence electrons. The second kappa shape index (κ2) is 7.12. The first-order chi connectivity index (χ1) is 9.13. The number of halogens is 1. The number of rotatable bonds is 4. The average Bonchev–Trinajstić information content (AvgIpc) is 2.39. The topological polar surface area (TPSA) is 38.3 Å². The predicted octanol–water partition coefficient (Wildman–Crippen LogP) is 3.36. The molecular formula is C15H20INO2. The molecule has 0 aromatic heterocycles. The van der Waals surface area contributed by atoms with Crippen LogP contribution in [-0.4, -0.2) is 18.6 Å². The molecule has 0 heterocycles. The summed E-state index contributed by atoms with van der Waals surface area (Å²) in [6.45, 7) is 2.38. The van der Waals surface area contributed by atoms with E-state index in [1.54, 1.807) is 0 Å². The van der Waals surface area contributed by atoms with Gasteiger partial charge in [0.1, 0.15) is 5.75 Å². The van der Waals surface area contributed by atoms with E-state index in [9.17, 15) is 4.79 Å². The van der Waals surface area contributed by atoms with Crippen LogP contribution in [-0.2, 0) is 4.79 Å². The molecule has 0 bridgehead atoms. The number of benzene rings is 1. The van der Waals surface area contributed by atoms with Crippen LogP contribution in [0.25, 0.3) is 0 Å². The highest BCUT2D eigenvalue weighted by molar-refractivity contribution is 14.1. The second-order valence-electron chi connectivity index (χ2n) is 5.27. The van der Waals surface area contributed by atoms with Gasteiger partial charge in [0.05, 0.1) is 0 Å². The molecule has 1 aliphatic rings. The van der Waals surface area contributed by atoms with E-state index in [4.69, 9.17) is 4.74 Å². The molecule has 1 aromatic rings. The van der Waals surface area contributed by atoms with Crippen LogP contribution in [0.5, 0.6) is 5.75 Å². The molecule has 0 saturated heterocycles. The summed E-state index contributed by atoms with van der Waals surface area (Å²) in [4.78, 5) is 11.8. The fraction of sp³-hybridized carbons (Fsp3) is 0.533. The molecular weight excluding hydrogens is 353 g/mol. The van der Waals surface area contributed by atoms with Gasteiger partial charge < -0.3 is 10.1 Å². The van der Waals surface area contributed by atoms with E-state index in [1.807, 2.05) is 24.3 Å². The third-order valence-corrected chi connectivity index (χ3v) is 4.22. The van der Waals surface area contributed by atoms with Crippen molar-refractivity contribution >= 4 is 28.5 Å². The molecule has 1 aromatic carbocycles. The van der Waals surface area contributed by atoms with Gasteiger partial charge in [-0.1, -0.05) is 13.0 Å². The average molecular weight is 373 g/mol. The fourth-order valence-corrected chi connectivity index (χ4v) is 2.89. The lowest BCUT2D eigenvalue weighted by atomic mass is 9.87. The molecule has 1 amide bonds. The molecule has 1 N–H and O–H groups in total. The second-order valence-corrected chi connectivity index (χ2v) is 6.52. The lowest BCUT2D eigenvalue weighted by molar-refractivity contribution is -0.124. The number of hydrogen-bond donors (Lipinski definition) is 1. The summed E-state index contributed by atoms with van der Waals surface area (Å²) in [6.07, 6.45) is 4.61. The highest BCUT2D eigenvalue weighted by Gasteiger charge is 2.19. The Morgan fingerprint density at radius 3 is 2.79 bits per heavy atom. The largest absolute Gasteiger partial charge is 0.484 e. The first-order valence-electron chi connectivity index (χ1n) is 6.81. The van der Waals surface area contributed by atoms with Crippen molar-refractivity contribution < 1.29 is 9.53 Å². The lowest BCUT2D eigenvalue weighted by Gasteiger charge is -2.26. The van der Waals surface area contributed by atoms with Crippen LogP contribution in [0.3, 0.4) is 0 Å². The van der Waals surface area contributed by atoms with Crippen LogP contribution >= 0.6 is 22.6 Å². The summed E-state index contributed by atoms with van der Waals surface area (Å²) in [5, 5.41) is 3.06. The van der Waals surface area contributed by atoms with E-state index in [-0.39, 0.29) is 12.5 Å². The molecule has 0 unspecified atom stereocenters. The Labute approximate surface area is 128 Å². The van der Waals surface area contributed by atoms with Crippen molar-refractivity contribution in [3.63, 3.8) is 0 Å². The molecule has 0 atom stereocenters.